The Morgan fingerprint density at radius 2 is 1.73 bits per heavy atom. The van der Waals surface area contributed by atoms with E-state index in [1.54, 1.807) is 6.07 Å². The van der Waals surface area contributed by atoms with Crippen molar-refractivity contribution < 1.29 is 0 Å². The number of aryl methyl sites for hydroxylation is 1. The van der Waals surface area contributed by atoms with Crippen LogP contribution in [-0.2, 0) is 0 Å². The fraction of sp³-hybridized carbons (Fsp3) is 0.250. The molecule has 15 heavy (non-hydrogen) atoms. The highest BCUT2D eigenvalue weighted by molar-refractivity contribution is 5.95. The van der Waals surface area contributed by atoms with Crippen molar-refractivity contribution in [3.05, 3.63) is 39.2 Å². The van der Waals surface area contributed by atoms with Crippen LogP contribution in [0.25, 0.3) is 10.9 Å². The van der Waals surface area contributed by atoms with Crippen molar-refractivity contribution in [3.63, 3.8) is 0 Å². The van der Waals surface area contributed by atoms with Gasteiger partial charge in [-0.2, -0.15) is 0 Å². The Labute approximate surface area is 87.9 Å². The van der Waals surface area contributed by atoms with Gasteiger partial charge in [-0.3, -0.25) is 4.79 Å². The second-order valence-corrected chi connectivity index (χ2v) is 3.90. The fourth-order valence-electron chi connectivity index (χ4n) is 1.87. The van der Waals surface area contributed by atoms with Gasteiger partial charge in [0, 0.05) is 17.1 Å². The maximum atomic E-state index is 11.2. The quantitative estimate of drug-likeness (QED) is 0.642. The van der Waals surface area contributed by atoms with Crippen molar-refractivity contribution in [3.8, 4) is 0 Å². The van der Waals surface area contributed by atoms with E-state index in [0.717, 1.165) is 33.3 Å². The normalized spacial score (nSPS) is 10.9. The predicted molar refractivity (Wildman–Crippen MR) is 63.2 cm³/mol. The third-order valence-corrected chi connectivity index (χ3v) is 3.11. The van der Waals surface area contributed by atoms with Crippen LogP contribution < -0.4 is 11.3 Å². The van der Waals surface area contributed by atoms with E-state index in [1.165, 1.54) is 6.07 Å². The van der Waals surface area contributed by atoms with Gasteiger partial charge < -0.3 is 10.7 Å². The maximum absolute atomic E-state index is 11.2. The highest BCUT2D eigenvalue weighted by Gasteiger charge is 2.09. The molecule has 0 atom stereocenters. The van der Waals surface area contributed by atoms with Gasteiger partial charge in [0.2, 0.25) is 5.56 Å². The minimum atomic E-state index is -0.0896. The van der Waals surface area contributed by atoms with E-state index in [-0.39, 0.29) is 5.56 Å². The summed E-state index contributed by atoms with van der Waals surface area (Å²) in [6.45, 7) is 6.02. The number of nitrogen functional groups attached to an aromatic ring is 1. The second-order valence-electron chi connectivity index (χ2n) is 3.90. The monoisotopic (exact) mass is 202 g/mol. The number of H-pyrrole nitrogens is 1. The average Bonchev–Trinajstić information content (AvgIpc) is 2.23. The fourth-order valence-corrected chi connectivity index (χ4v) is 1.87. The summed E-state index contributed by atoms with van der Waals surface area (Å²) in [7, 11) is 0. The van der Waals surface area contributed by atoms with Crippen molar-refractivity contribution in [1.82, 2.24) is 4.98 Å². The number of aromatic nitrogens is 1. The molecule has 0 aliphatic heterocycles. The molecule has 0 saturated carbocycles. The van der Waals surface area contributed by atoms with E-state index in [9.17, 15) is 4.79 Å². The number of pyridine rings is 1. The molecular weight excluding hydrogens is 188 g/mol. The van der Waals surface area contributed by atoms with Crippen LogP contribution in [0.15, 0.2) is 16.9 Å². The van der Waals surface area contributed by atoms with Crippen LogP contribution in [0, 0.1) is 20.8 Å². The Balaban J connectivity index is 3.07. The lowest BCUT2D eigenvalue weighted by molar-refractivity contribution is 1.24. The van der Waals surface area contributed by atoms with Crippen molar-refractivity contribution in [1.29, 1.82) is 0 Å². The summed E-state index contributed by atoms with van der Waals surface area (Å²) < 4.78 is 0. The number of fused-ring (bicyclic) bond motifs is 1. The van der Waals surface area contributed by atoms with Gasteiger partial charge in [-0.15, -0.1) is 0 Å². The summed E-state index contributed by atoms with van der Waals surface area (Å²) >= 11 is 0. The van der Waals surface area contributed by atoms with Crippen molar-refractivity contribution in [2.75, 3.05) is 5.73 Å². The largest absolute Gasteiger partial charge is 0.398 e. The maximum Gasteiger partial charge on any atom is 0.248 e. The molecule has 2 rings (SSSR count). The third-order valence-electron chi connectivity index (χ3n) is 3.11. The van der Waals surface area contributed by atoms with Gasteiger partial charge in [-0.1, -0.05) is 0 Å². The molecule has 1 heterocycles. The smallest absolute Gasteiger partial charge is 0.248 e. The van der Waals surface area contributed by atoms with Crippen molar-refractivity contribution in [2.45, 2.75) is 20.8 Å². The average molecular weight is 202 g/mol. The molecule has 0 bridgehead atoms. The zero-order valence-corrected chi connectivity index (χ0v) is 9.14. The van der Waals surface area contributed by atoms with E-state index in [1.807, 2.05) is 20.8 Å². The first-order valence-corrected chi connectivity index (χ1v) is 4.90. The highest BCUT2D eigenvalue weighted by atomic mass is 16.1. The number of hydrogen-bond donors (Lipinski definition) is 2. The second kappa shape index (κ2) is 3.12. The molecule has 0 aliphatic rings. The Kier molecular flexibility index (Phi) is 2.03. The first-order chi connectivity index (χ1) is 7.02. The molecule has 1 aromatic heterocycles. The first kappa shape index (κ1) is 9.77. The minimum Gasteiger partial charge on any atom is -0.398 e. The Hall–Kier alpha value is -1.77. The van der Waals surface area contributed by atoms with E-state index in [4.69, 9.17) is 5.73 Å². The summed E-state index contributed by atoms with van der Waals surface area (Å²) in [5.41, 5.74) is 10.9. The number of anilines is 1. The SMILES string of the molecule is Cc1c(C)c(C)c2[nH]c(=O)ccc2c1N. The van der Waals surface area contributed by atoms with Gasteiger partial charge in [-0.05, 0) is 43.5 Å². The van der Waals surface area contributed by atoms with Crippen LogP contribution in [-0.4, -0.2) is 4.98 Å². The van der Waals surface area contributed by atoms with Gasteiger partial charge in [0.25, 0.3) is 0 Å². The van der Waals surface area contributed by atoms with Crippen LogP contribution in [0.5, 0.6) is 0 Å². The first-order valence-electron chi connectivity index (χ1n) is 4.90. The summed E-state index contributed by atoms with van der Waals surface area (Å²) in [6.07, 6.45) is 0. The number of nitrogens with one attached hydrogen (secondary N) is 1. The standard InChI is InChI=1S/C12H14N2O/c1-6-7(2)11(13)9-4-5-10(15)14-12(9)8(6)3/h4-5H,13H2,1-3H3,(H,14,15). The molecule has 1 aromatic carbocycles. The molecule has 0 amide bonds. The van der Waals surface area contributed by atoms with Gasteiger partial charge in [0.05, 0.1) is 5.52 Å². The van der Waals surface area contributed by atoms with Gasteiger partial charge in [-0.25, -0.2) is 0 Å². The molecular formula is C12H14N2O. The predicted octanol–water partition coefficient (Wildman–Crippen LogP) is 2.04. The number of benzene rings is 1. The van der Waals surface area contributed by atoms with Crippen LogP contribution in [0.1, 0.15) is 16.7 Å². The zero-order chi connectivity index (χ0) is 11.2. The lowest BCUT2D eigenvalue weighted by Crippen LogP contribution is -2.06. The molecule has 3 nitrogen and oxygen atoms in total. The highest BCUT2D eigenvalue weighted by Crippen LogP contribution is 2.28. The van der Waals surface area contributed by atoms with Crippen molar-refractivity contribution in [2.24, 2.45) is 0 Å². The van der Waals surface area contributed by atoms with Gasteiger partial charge in [0.1, 0.15) is 0 Å². The van der Waals surface area contributed by atoms with E-state index in [0.29, 0.717) is 0 Å². The van der Waals surface area contributed by atoms with Crippen molar-refractivity contribution >= 4 is 16.6 Å². The molecule has 3 N–H and O–H groups in total. The molecule has 0 aliphatic carbocycles. The number of aromatic amines is 1. The van der Waals surface area contributed by atoms with E-state index in [2.05, 4.69) is 4.98 Å². The molecule has 0 spiro atoms. The minimum absolute atomic E-state index is 0.0896. The zero-order valence-electron chi connectivity index (χ0n) is 9.14. The summed E-state index contributed by atoms with van der Waals surface area (Å²) in [5.74, 6) is 0. The third kappa shape index (κ3) is 1.31. The molecule has 3 heteroatoms. The lowest BCUT2D eigenvalue weighted by atomic mass is 9.98. The summed E-state index contributed by atoms with van der Waals surface area (Å²) in [4.78, 5) is 14.1. The van der Waals surface area contributed by atoms with Crippen LogP contribution >= 0.6 is 0 Å². The summed E-state index contributed by atoms with van der Waals surface area (Å²) in [6, 6.07) is 3.29. The van der Waals surface area contributed by atoms with Crippen LogP contribution in [0.4, 0.5) is 5.69 Å². The Morgan fingerprint density at radius 3 is 2.40 bits per heavy atom. The molecule has 0 fully saturated rings. The molecule has 0 unspecified atom stereocenters. The van der Waals surface area contributed by atoms with Crippen LogP contribution in [0.3, 0.4) is 0 Å². The lowest BCUT2D eigenvalue weighted by Gasteiger charge is -2.12. The molecule has 0 radical (unpaired) electrons. The number of hydrogen-bond acceptors (Lipinski definition) is 2. The van der Waals surface area contributed by atoms with Gasteiger partial charge in [0.15, 0.2) is 0 Å². The van der Waals surface area contributed by atoms with E-state index >= 15 is 0 Å². The van der Waals surface area contributed by atoms with Gasteiger partial charge >= 0.3 is 0 Å². The molecule has 78 valence electrons. The Morgan fingerprint density at radius 1 is 1.07 bits per heavy atom. The Bertz CT molecular complexity index is 597. The number of rotatable bonds is 0. The molecule has 2 aromatic rings. The van der Waals surface area contributed by atoms with E-state index < -0.39 is 0 Å². The molecule has 0 saturated heterocycles. The summed E-state index contributed by atoms with van der Waals surface area (Å²) in [5, 5.41) is 0.926. The number of nitrogens with two attached hydrogens (primary N) is 1. The van der Waals surface area contributed by atoms with Crippen LogP contribution in [0.2, 0.25) is 0 Å². The topological polar surface area (TPSA) is 58.9 Å².